The standard InChI is InChI=1S/C17H26N2/c1-12-6-7-14-13(11-12)5-4-10-19(14)15-8-9-17(2,3)16(15)18/h6-7,11,15-16H,4-5,8-10,18H2,1-3H3. The van der Waals surface area contributed by atoms with E-state index in [0.717, 1.165) is 0 Å². The number of fused-ring (bicyclic) bond motifs is 1. The van der Waals surface area contributed by atoms with Crippen molar-refractivity contribution >= 4 is 5.69 Å². The van der Waals surface area contributed by atoms with Crippen molar-refractivity contribution in [2.75, 3.05) is 11.4 Å². The summed E-state index contributed by atoms with van der Waals surface area (Å²) in [6.07, 6.45) is 4.97. The Balaban J connectivity index is 1.92. The van der Waals surface area contributed by atoms with E-state index in [1.54, 1.807) is 0 Å². The van der Waals surface area contributed by atoms with Gasteiger partial charge in [0, 0.05) is 24.3 Å². The lowest BCUT2D eigenvalue weighted by atomic mass is 9.86. The topological polar surface area (TPSA) is 29.3 Å². The second-order valence-corrected chi connectivity index (χ2v) is 7.05. The van der Waals surface area contributed by atoms with Crippen LogP contribution in [0, 0.1) is 12.3 Å². The highest BCUT2D eigenvalue weighted by Crippen LogP contribution is 2.41. The summed E-state index contributed by atoms with van der Waals surface area (Å²) in [5.74, 6) is 0. The van der Waals surface area contributed by atoms with Crippen molar-refractivity contribution in [1.29, 1.82) is 0 Å². The lowest BCUT2D eigenvalue weighted by molar-refractivity contribution is 0.317. The van der Waals surface area contributed by atoms with Gasteiger partial charge in [0.2, 0.25) is 0 Å². The molecule has 1 aromatic rings. The minimum Gasteiger partial charge on any atom is -0.367 e. The molecule has 1 saturated carbocycles. The SMILES string of the molecule is Cc1ccc2c(c1)CCCN2C1CCC(C)(C)C1N. The first-order valence-corrected chi connectivity index (χ1v) is 7.61. The van der Waals surface area contributed by atoms with E-state index in [2.05, 4.69) is 43.9 Å². The summed E-state index contributed by atoms with van der Waals surface area (Å²) in [5, 5.41) is 0. The van der Waals surface area contributed by atoms with Crippen LogP contribution in [0.25, 0.3) is 0 Å². The second-order valence-electron chi connectivity index (χ2n) is 7.05. The third kappa shape index (κ3) is 2.16. The Morgan fingerprint density at radius 1 is 1.32 bits per heavy atom. The molecule has 1 aliphatic heterocycles. The van der Waals surface area contributed by atoms with Crippen LogP contribution in [0.4, 0.5) is 5.69 Å². The maximum Gasteiger partial charge on any atom is 0.0446 e. The van der Waals surface area contributed by atoms with E-state index in [-0.39, 0.29) is 5.41 Å². The molecule has 2 nitrogen and oxygen atoms in total. The highest BCUT2D eigenvalue weighted by molar-refractivity contribution is 5.58. The smallest absolute Gasteiger partial charge is 0.0446 e. The Kier molecular flexibility index (Phi) is 3.09. The average Bonchev–Trinajstić information content (AvgIpc) is 2.63. The molecule has 2 atom stereocenters. The van der Waals surface area contributed by atoms with Gasteiger partial charge in [0.05, 0.1) is 0 Å². The van der Waals surface area contributed by atoms with Gasteiger partial charge in [-0.3, -0.25) is 0 Å². The summed E-state index contributed by atoms with van der Waals surface area (Å²) in [7, 11) is 0. The highest BCUT2D eigenvalue weighted by atomic mass is 15.2. The minimum absolute atomic E-state index is 0.285. The predicted molar refractivity (Wildman–Crippen MR) is 81.6 cm³/mol. The fraction of sp³-hybridized carbons (Fsp3) is 0.647. The highest BCUT2D eigenvalue weighted by Gasteiger charge is 2.42. The molecule has 2 N–H and O–H groups in total. The van der Waals surface area contributed by atoms with Crippen LogP contribution in [-0.4, -0.2) is 18.6 Å². The van der Waals surface area contributed by atoms with E-state index in [4.69, 9.17) is 5.73 Å². The number of anilines is 1. The van der Waals surface area contributed by atoms with Crippen LogP contribution in [0.15, 0.2) is 18.2 Å². The number of benzene rings is 1. The Bertz CT molecular complexity index is 478. The molecule has 0 amide bonds. The van der Waals surface area contributed by atoms with Gasteiger partial charge in [-0.2, -0.15) is 0 Å². The summed E-state index contributed by atoms with van der Waals surface area (Å²) >= 11 is 0. The Morgan fingerprint density at radius 2 is 2.11 bits per heavy atom. The van der Waals surface area contributed by atoms with Crippen LogP contribution >= 0.6 is 0 Å². The van der Waals surface area contributed by atoms with Gasteiger partial charge < -0.3 is 10.6 Å². The summed E-state index contributed by atoms with van der Waals surface area (Å²) in [4.78, 5) is 2.59. The van der Waals surface area contributed by atoms with Gasteiger partial charge >= 0.3 is 0 Å². The molecule has 2 unspecified atom stereocenters. The van der Waals surface area contributed by atoms with Gasteiger partial charge in [-0.05, 0) is 49.7 Å². The quantitative estimate of drug-likeness (QED) is 0.837. The molecule has 1 aliphatic carbocycles. The summed E-state index contributed by atoms with van der Waals surface area (Å²) < 4.78 is 0. The average molecular weight is 258 g/mol. The van der Waals surface area contributed by atoms with Crippen LogP contribution in [0.5, 0.6) is 0 Å². The first-order chi connectivity index (χ1) is 8.99. The third-order valence-electron chi connectivity index (χ3n) is 5.19. The van der Waals surface area contributed by atoms with E-state index in [1.807, 2.05) is 0 Å². The Hall–Kier alpha value is -1.02. The monoisotopic (exact) mass is 258 g/mol. The summed E-state index contributed by atoms with van der Waals surface area (Å²) in [6.45, 7) is 7.99. The largest absolute Gasteiger partial charge is 0.367 e. The van der Waals surface area contributed by atoms with Crippen molar-refractivity contribution in [3.05, 3.63) is 29.3 Å². The van der Waals surface area contributed by atoms with Crippen molar-refractivity contribution in [2.24, 2.45) is 11.1 Å². The zero-order chi connectivity index (χ0) is 13.6. The molecule has 0 radical (unpaired) electrons. The second kappa shape index (κ2) is 4.52. The maximum absolute atomic E-state index is 6.53. The molecular weight excluding hydrogens is 232 g/mol. The number of hydrogen-bond donors (Lipinski definition) is 1. The van der Waals surface area contributed by atoms with Crippen molar-refractivity contribution in [2.45, 2.75) is 58.5 Å². The number of rotatable bonds is 1. The van der Waals surface area contributed by atoms with Gasteiger partial charge in [-0.25, -0.2) is 0 Å². The zero-order valence-corrected chi connectivity index (χ0v) is 12.4. The zero-order valence-electron chi connectivity index (χ0n) is 12.4. The predicted octanol–water partition coefficient (Wildman–Crippen LogP) is 3.26. The molecule has 0 saturated heterocycles. The van der Waals surface area contributed by atoms with Crippen LogP contribution in [0.1, 0.15) is 44.2 Å². The Morgan fingerprint density at radius 3 is 2.79 bits per heavy atom. The Labute approximate surface area is 117 Å². The molecule has 3 rings (SSSR count). The lowest BCUT2D eigenvalue weighted by Crippen LogP contribution is -2.50. The van der Waals surface area contributed by atoms with Crippen LogP contribution in [0.3, 0.4) is 0 Å². The van der Waals surface area contributed by atoms with Gasteiger partial charge in [0.25, 0.3) is 0 Å². The normalized spacial score (nSPS) is 29.4. The molecule has 0 aromatic heterocycles. The molecule has 0 spiro atoms. The third-order valence-corrected chi connectivity index (χ3v) is 5.19. The van der Waals surface area contributed by atoms with Crippen molar-refractivity contribution in [3.63, 3.8) is 0 Å². The molecule has 1 aromatic carbocycles. The van der Waals surface area contributed by atoms with Crippen molar-refractivity contribution in [3.8, 4) is 0 Å². The van der Waals surface area contributed by atoms with E-state index in [0.29, 0.717) is 12.1 Å². The molecule has 1 fully saturated rings. The molecule has 2 heteroatoms. The van der Waals surface area contributed by atoms with Crippen LogP contribution in [-0.2, 0) is 6.42 Å². The number of nitrogens with two attached hydrogens (primary N) is 1. The van der Waals surface area contributed by atoms with Crippen LogP contribution in [0.2, 0.25) is 0 Å². The van der Waals surface area contributed by atoms with Crippen molar-refractivity contribution in [1.82, 2.24) is 0 Å². The van der Waals surface area contributed by atoms with Gasteiger partial charge in [-0.1, -0.05) is 31.5 Å². The molecule has 104 valence electrons. The molecule has 2 aliphatic rings. The molecular formula is C17H26N2. The van der Waals surface area contributed by atoms with E-state index in [9.17, 15) is 0 Å². The van der Waals surface area contributed by atoms with E-state index in [1.165, 1.54) is 49.0 Å². The minimum atomic E-state index is 0.285. The summed E-state index contributed by atoms with van der Waals surface area (Å²) in [6, 6.07) is 7.72. The number of hydrogen-bond acceptors (Lipinski definition) is 2. The van der Waals surface area contributed by atoms with Gasteiger partial charge in [-0.15, -0.1) is 0 Å². The molecule has 19 heavy (non-hydrogen) atoms. The maximum atomic E-state index is 6.53. The van der Waals surface area contributed by atoms with Crippen molar-refractivity contribution < 1.29 is 0 Å². The first kappa shape index (κ1) is 13.0. The molecule has 1 heterocycles. The number of nitrogens with zero attached hydrogens (tertiary/aromatic N) is 1. The van der Waals surface area contributed by atoms with E-state index < -0.39 is 0 Å². The van der Waals surface area contributed by atoms with Gasteiger partial charge in [0.15, 0.2) is 0 Å². The van der Waals surface area contributed by atoms with E-state index >= 15 is 0 Å². The van der Waals surface area contributed by atoms with Crippen LogP contribution < -0.4 is 10.6 Å². The summed E-state index contributed by atoms with van der Waals surface area (Å²) in [5.41, 5.74) is 11.1. The first-order valence-electron chi connectivity index (χ1n) is 7.61. The fourth-order valence-corrected chi connectivity index (χ4v) is 3.84. The molecule has 0 bridgehead atoms. The number of aryl methyl sites for hydroxylation is 2. The lowest BCUT2D eigenvalue weighted by Gasteiger charge is -2.40. The fourth-order valence-electron chi connectivity index (χ4n) is 3.84. The van der Waals surface area contributed by atoms with Gasteiger partial charge in [0.1, 0.15) is 0 Å².